The zero-order valence-corrected chi connectivity index (χ0v) is 10.8. The monoisotopic (exact) mass is 254 g/mol. The summed E-state index contributed by atoms with van der Waals surface area (Å²) < 4.78 is 26.0. The zero-order chi connectivity index (χ0) is 12.3. The maximum Gasteiger partial charge on any atom is 0.235 e. The summed E-state index contributed by atoms with van der Waals surface area (Å²) in [5.74, 6) is 0. The average molecular weight is 254 g/mol. The Balaban J connectivity index is 1.98. The van der Waals surface area contributed by atoms with Gasteiger partial charge in [0.25, 0.3) is 0 Å². The number of rotatable bonds is 6. The van der Waals surface area contributed by atoms with Crippen molar-refractivity contribution in [3.05, 3.63) is 29.8 Å². The number of benzene rings is 1. The summed E-state index contributed by atoms with van der Waals surface area (Å²) in [5, 5.41) is 3.04. The van der Waals surface area contributed by atoms with Crippen LogP contribution in [0.2, 0.25) is 0 Å². The molecule has 2 N–H and O–H groups in total. The average Bonchev–Trinajstić information content (AvgIpc) is 3.12. The number of sulfonamides is 1. The molecule has 0 atom stereocenters. The van der Waals surface area contributed by atoms with Crippen LogP contribution in [0.3, 0.4) is 0 Å². The van der Waals surface area contributed by atoms with Crippen LogP contribution in [0.15, 0.2) is 24.3 Å². The van der Waals surface area contributed by atoms with Crippen molar-refractivity contribution in [2.24, 2.45) is 0 Å². The van der Waals surface area contributed by atoms with Gasteiger partial charge in [-0.2, -0.15) is 0 Å². The quantitative estimate of drug-likeness (QED) is 0.812. The van der Waals surface area contributed by atoms with Crippen LogP contribution in [0.4, 0.5) is 5.69 Å². The Morgan fingerprint density at radius 2 is 1.88 bits per heavy atom. The first-order valence-corrected chi connectivity index (χ1v) is 7.48. The SMILES string of the molecule is CCNCc1ccc(NS(=O)(=O)C2CC2)cc1. The Morgan fingerprint density at radius 3 is 2.41 bits per heavy atom. The van der Waals surface area contributed by atoms with Crippen LogP contribution in [0.5, 0.6) is 0 Å². The van der Waals surface area contributed by atoms with Crippen molar-refractivity contribution in [2.75, 3.05) is 11.3 Å². The van der Waals surface area contributed by atoms with Gasteiger partial charge in [-0.25, -0.2) is 8.42 Å². The maximum absolute atomic E-state index is 11.7. The van der Waals surface area contributed by atoms with E-state index in [0.717, 1.165) is 31.5 Å². The summed E-state index contributed by atoms with van der Waals surface area (Å²) >= 11 is 0. The van der Waals surface area contributed by atoms with Gasteiger partial charge in [0.05, 0.1) is 5.25 Å². The van der Waals surface area contributed by atoms with Gasteiger partial charge in [0, 0.05) is 12.2 Å². The van der Waals surface area contributed by atoms with E-state index in [0.29, 0.717) is 5.69 Å². The third-order valence-corrected chi connectivity index (χ3v) is 4.63. The maximum atomic E-state index is 11.7. The second kappa shape index (κ2) is 5.06. The molecule has 94 valence electrons. The molecule has 0 aliphatic heterocycles. The van der Waals surface area contributed by atoms with E-state index in [1.165, 1.54) is 0 Å². The molecule has 17 heavy (non-hydrogen) atoms. The first-order valence-electron chi connectivity index (χ1n) is 5.93. The summed E-state index contributed by atoms with van der Waals surface area (Å²) in [6.45, 7) is 3.79. The van der Waals surface area contributed by atoms with E-state index in [2.05, 4.69) is 17.0 Å². The lowest BCUT2D eigenvalue weighted by atomic mass is 10.2. The predicted molar refractivity (Wildman–Crippen MR) is 69.4 cm³/mol. The summed E-state index contributed by atoms with van der Waals surface area (Å²) in [6, 6.07) is 7.50. The molecule has 0 bridgehead atoms. The fraction of sp³-hybridized carbons (Fsp3) is 0.500. The summed E-state index contributed by atoms with van der Waals surface area (Å²) in [6.07, 6.45) is 1.57. The van der Waals surface area contributed by atoms with Crippen LogP contribution in [0.1, 0.15) is 25.3 Å². The fourth-order valence-electron chi connectivity index (χ4n) is 1.59. The van der Waals surface area contributed by atoms with Crippen molar-refractivity contribution in [3.8, 4) is 0 Å². The van der Waals surface area contributed by atoms with Crippen LogP contribution in [-0.4, -0.2) is 20.2 Å². The van der Waals surface area contributed by atoms with E-state index in [-0.39, 0.29) is 5.25 Å². The summed E-state index contributed by atoms with van der Waals surface area (Å²) in [5.41, 5.74) is 1.80. The lowest BCUT2D eigenvalue weighted by Gasteiger charge is -2.08. The smallest absolute Gasteiger partial charge is 0.235 e. The fourth-order valence-corrected chi connectivity index (χ4v) is 2.97. The molecular weight excluding hydrogens is 236 g/mol. The van der Waals surface area contributed by atoms with Gasteiger partial charge < -0.3 is 5.32 Å². The highest BCUT2D eigenvalue weighted by molar-refractivity contribution is 7.93. The van der Waals surface area contributed by atoms with E-state index in [1.807, 2.05) is 24.3 Å². The third-order valence-electron chi connectivity index (χ3n) is 2.76. The van der Waals surface area contributed by atoms with Gasteiger partial charge in [-0.3, -0.25) is 4.72 Å². The minimum absolute atomic E-state index is 0.177. The van der Waals surface area contributed by atoms with Crippen molar-refractivity contribution in [2.45, 2.75) is 31.6 Å². The molecule has 0 saturated heterocycles. The Kier molecular flexibility index (Phi) is 3.69. The van der Waals surface area contributed by atoms with Crippen molar-refractivity contribution in [1.82, 2.24) is 5.32 Å². The second-order valence-corrected chi connectivity index (χ2v) is 6.28. The second-order valence-electron chi connectivity index (χ2n) is 4.32. The first-order chi connectivity index (χ1) is 8.12. The molecule has 0 heterocycles. The predicted octanol–water partition coefficient (Wildman–Crippen LogP) is 1.70. The van der Waals surface area contributed by atoms with Gasteiger partial charge >= 0.3 is 0 Å². The molecule has 2 rings (SSSR count). The van der Waals surface area contributed by atoms with E-state index in [9.17, 15) is 8.42 Å². The summed E-state index contributed by atoms with van der Waals surface area (Å²) in [4.78, 5) is 0. The zero-order valence-electron chi connectivity index (χ0n) is 9.94. The van der Waals surface area contributed by atoms with Gasteiger partial charge in [-0.1, -0.05) is 19.1 Å². The third kappa shape index (κ3) is 3.44. The van der Waals surface area contributed by atoms with E-state index in [1.54, 1.807) is 0 Å². The topological polar surface area (TPSA) is 58.2 Å². The molecule has 0 aromatic heterocycles. The van der Waals surface area contributed by atoms with Gasteiger partial charge in [0.1, 0.15) is 0 Å². The molecule has 1 aromatic rings. The van der Waals surface area contributed by atoms with Crippen LogP contribution in [0, 0.1) is 0 Å². The van der Waals surface area contributed by atoms with Crippen molar-refractivity contribution >= 4 is 15.7 Å². The van der Waals surface area contributed by atoms with Crippen molar-refractivity contribution in [1.29, 1.82) is 0 Å². The van der Waals surface area contributed by atoms with E-state index >= 15 is 0 Å². The Hall–Kier alpha value is -1.07. The molecule has 1 aliphatic carbocycles. The van der Waals surface area contributed by atoms with Gasteiger partial charge in [0.15, 0.2) is 0 Å². The standard InChI is InChI=1S/C12H18N2O2S/c1-2-13-9-10-3-5-11(6-4-10)14-17(15,16)12-7-8-12/h3-6,12-14H,2,7-9H2,1H3. The largest absolute Gasteiger partial charge is 0.313 e. The first kappa shape index (κ1) is 12.4. The van der Waals surface area contributed by atoms with Gasteiger partial charge in [-0.05, 0) is 37.1 Å². The molecule has 1 aromatic carbocycles. The number of nitrogens with one attached hydrogen (secondary N) is 2. The Bertz CT molecular complexity index is 464. The van der Waals surface area contributed by atoms with E-state index < -0.39 is 10.0 Å². The number of anilines is 1. The highest BCUT2D eigenvalue weighted by atomic mass is 32.2. The van der Waals surface area contributed by atoms with Gasteiger partial charge in [0.2, 0.25) is 10.0 Å². The molecule has 1 saturated carbocycles. The molecule has 5 heteroatoms. The summed E-state index contributed by atoms with van der Waals surface area (Å²) in [7, 11) is -3.14. The lowest BCUT2D eigenvalue weighted by Crippen LogP contribution is -2.17. The van der Waals surface area contributed by atoms with Crippen molar-refractivity contribution < 1.29 is 8.42 Å². The van der Waals surface area contributed by atoms with Gasteiger partial charge in [-0.15, -0.1) is 0 Å². The molecule has 1 aliphatic rings. The highest BCUT2D eigenvalue weighted by Crippen LogP contribution is 2.29. The van der Waals surface area contributed by atoms with Crippen LogP contribution < -0.4 is 10.0 Å². The minimum atomic E-state index is -3.14. The number of hydrogen-bond donors (Lipinski definition) is 2. The molecular formula is C12H18N2O2S. The molecule has 0 unspecified atom stereocenters. The normalized spacial score (nSPS) is 15.8. The molecule has 0 radical (unpaired) electrons. The van der Waals surface area contributed by atoms with Crippen LogP contribution in [-0.2, 0) is 16.6 Å². The minimum Gasteiger partial charge on any atom is -0.313 e. The molecule has 0 amide bonds. The molecule has 1 fully saturated rings. The molecule has 4 nitrogen and oxygen atoms in total. The lowest BCUT2D eigenvalue weighted by molar-refractivity contribution is 0.600. The highest BCUT2D eigenvalue weighted by Gasteiger charge is 2.35. The Morgan fingerprint density at radius 1 is 1.24 bits per heavy atom. The van der Waals surface area contributed by atoms with E-state index in [4.69, 9.17) is 0 Å². The van der Waals surface area contributed by atoms with Crippen LogP contribution >= 0.6 is 0 Å². The number of hydrogen-bond acceptors (Lipinski definition) is 3. The molecule has 0 spiro atoms. The Labute approximate surface area is 102 Å². The van der Waals surface area contributed by atoms with Crippen LogP contribution in [0.25, 0.3) is 0 Å². The van der Waals surface area contributed by atoms with Crippen molar-refractivity contribution in [3.63, 3.8) is 0 Å².